The molecule has 0 aliphatic rings. The van der Waals surface area contributed by atoms with Crippen molar-refractivity contribution in [1.29, 1.82) is 0 Å². The van der Waals surface area contributed by atoms with Crippen LogP contribution in [0.15, 0.2) is 30.9 Å². The molecular weight excluding hydrogens is 290 g/mol. The van der Waals surface area contributed by atoms with E-state index >= 15 is 0 Å². The van der Waals surface area contributed by atoms with Crippen LogP contribution in [0.25, 0.3) is 0 Å². The van der Waals surface area contributed by atoms with Gasteiger partial charge in [-0.25, -0.2) is 18.4 Å². The molecule has 0 radical (unpaired) electrons. The average Bonchev–Trinajstić information content (AvgIpc) is 3.00. The maximum absolute atomic E-state index is 14.0. The summed E-state index contributed by atoms with van der Waals surface area (Å²) in [7, 11) is 0. The fourth-order valence-electron chi connectivity index (χ4n) is 2.10. The highest BCUT2D eigenvalue weighted by Crippen LogP contribution is 2.33. The summed E-state index contributed by atoms with van der Waals surface area (Å²) in [5, 5.41) is 14.8. The summed E-state index contributed by atoms with van der Waals surface area (Å²) >= 11 is 0. The van der Waals surface area contributed by atoms with Crippen molar-refractivity contribution in [3.63, 3.8) is 0 Å². The third-order valence-electron chi connectivity index (χ3n) is 3.44. The van der Waals surface area contributed by atoms with Gasteiger partial charge >= 0.3 is 0 Å². The van der Waals surface area contributed by atoms with Gasteiger partial charge in [0.2, 0.25) is 0 Å². The Balaban J connectivity index is 0.00000116. The Morgan fingerprint density at radius 1 is 1.36 bits per heavy atom. The van der Waals surface area contributed by atoms with Gasteiger partial charge in [-0.15, -0.1) is 0 Å². The Bertz CT molecular complexity index is 577. The van der Waals surface area contributed by atoms with Gasteiger partial charge in [-0.2, -0.15) is 5.10 Å². The molecule has 22 heavy (non-hydrogen) atoms. The van der Waals surface area contributed by atoms with Gasteiger partial charge in [-0.05, 0) is 12.6 Å². The van der Waals surface area contributed by atoms with E-state index < -0.39 is 23.2 Å². The van der Waals surface area contributed by atoms with E-state index in [1.807, 2.05) is 13.8 Å². The van der Waals surface area contributed by atoms with Crippen LogP contribution in [0.4, 0.5) is 8.78 Å². The lowest BCUT2D eigenvalue weighted by Crippen LogP contribution is -2.42. The number of hydrogen-bond donors (Lipinski definition) is 2. The molecule has 2 aromatic rings. The minimum absolute atomic E-state index is 0.00708. The number of aliphatic hydroxyl groups is 1. The Labute approximate surface area is 128 Å². The first-order valence-corrected chi connectivity index (χ1v) is 7.17. The molecule has 0 aliphatic carbocycles. The number of halogens is 2. The summed E-state index contributed by atoms with van der Waals surface area (Å²) in [5.74, 6) is -1.96. The van der Waals surface area contributed by atoms with Crippen LogP contribution in [-0.4, -0.2) is 26.4 Å². The van der Waals surface area contributed by atoms with E-state index in [0.717, 1.165) is 12.1 Å². The number of nitrogens with zero attached hydrogens (tertiary/aromatic N) is 3. The van der Waals surface area contributed by atoms with Crippen LogP contribution in [0, 0.1) is 17.6 Å². The fourth-order valence-corrected chi connectivity index (χ4v) is 2.10. The molecule has 2 rings (SSSR count). The van der Waals surface area contributed by atoms with E-state index in [2.05, 4.69) is 10.1 Å². The molecule has 1 aromatic carbocycles. The standard InChI is InChI=1S/C13H16F2N4O.C2H6/c1-9(5-16)13(20,6-19-8-17-7-18-19)11-3-2-10(14)4-12(11)15;1-2/h2-4,7-9,20H,5-6,16H2,1H3;1-2H3. The van der Waals surface area contributed by atoms with Crippen LogP contribution >= 0.6 is 0 Å². The molecule has 0 saturated heterocycles. The van der Waals surface area contributed by atoms with Crippen molar-refractivity contribution >= 4 is 0 Å². The summed E-state index contributed by atoms with van der Waals surface area (Å²) in [6, 6.07) is 3.08. The molecule has 2 atom stereocenters. The summed E-state index contributed by atoms with van der Waals surface area (Å²) < 4.78 is 28.4. The molecule has 3 N–H and O–H groups in total. The molecule has 0 spiro atoms. The average molecular weight is 312 g/mol. The Morgan fingerprint density at radius 2 is 2.05 bits per heavy atom. The predicted molar refractivity (Wildman–Crippen MR) is 79.8 cm³/mol. The number of benzene rings is 1. The number of rotatable bonds is 5. The maximum Gasteiger partial charge on any atom is 0.137 e. The second-order valence-electron chi connectivity index (χ2n) is 4.78. The lowest BCUT2D eigenvalue weighted by molar-refractivity contribution is -0.0357. The maximum atomic E-state index is 14.0. The first-order chi connectivity index (χ1) is 10.5. The zero-order valence-electron chi connectivity index (χ0n) is 13.0. The summed E-state index contributed by atoms with van der Waals surface area (Å²) in [6.07, 6.45) is 2.73. The number of aromatic nitrogens is 3. The van der Waals surface area contributed by atoms with Crippen molar-refractivity contribution in [2.45, 2.75) is 32.9 Å². The normalized spacial score (nSPS) is 14.7. The Kier molecular flexibility index (Phi) is 6.58. The smallest absolute Gasteiger partial charge is 0.137 e. The zero-order valence-corrected chi connectivity index (χ0v) is 13.0. The Hall–Kier alpha value is -1.86. The van der Waals surface area contributed by atoms with E-state index in [1.165, 1.54) is 23.4 Å². The van der Waals surface area contributed by atoms with Crippen LogP contribution in [0.5, 0.6) is 0 Å². The molecule has 2 unspecified atom stereocenters. The van der Waals surface area contributed by atoms with Crippen molar-refractivity contribution in [2.75, 3.05) is 6.54 Å². The van der Waals surface area contributed by atoms with Crippen LogP contribution in [-0.2, 0) is 12.1 Å². The molecule has 1 aromatic heterocycles. The van der Waals surface area contributed by atoms with Gasteiger partial charge in [-0.3, -0.25) is 0 Å². The van der Waals surface area contributed by atoms with E-state index in [1.54, 1.807) is 6.92 Å². The monoisotopic (exact) mass is 312 g/mol. The van der Waals surface area contributed by atoms with Gasteiger partial charge in [0.05, 0.1) is 6.54 Å². The van der Waals surface area contributed by atoms with E-state index in [-0.39, 0.29) is 18.7 Å². The van der Waals surface area contributed by atoms with Crippen molar-refractivity contribution < 1.29 is 13.9 Å². The molecule has 0 amide bonds. The minimum Gasteiger partial charge on any atom is -0.383 e. The van der Waals surface area contributed by atoms with Crippen LogP contribution in [0.3, 0.4) is 0 Å². The topological polar surface area (TPSA) is 77.0 Å². The SMILES string of the molecule is CC.CC(CN)C(O)(Cn1cncn1)c1ccc(F)cc1F. The molecule has 7 heteroatoms. The summed E-state index contributed by atoms with van der Waals surface area (Å²) in [4.78, 5) is 3.78. The molecule has 0 fully saturated rings. The molecule has 122 valence electrons. The van der Waals surface area contributed by atoms with Crippen LogP contribution in [0.2, 0.25) is 0 Å². The lowest BCUT2D eigenvalue weighted by atomic mass is 9.82. The lowest BCUT2D eigenvalue weighted by Gasteiger charge is -2.34. The predicted octanol–water partition coefficient (Wildman–Crippen LogP) is 2.07. The van der Waals surface area contributed by atoms with E-state index in [0.29, 0.717) is 0 Å². The zero-order chi connectivity index (χ0) is 16.8. The number of hydrogen-bond acceptors (Lipinski definition) is 4. The molecular formula is C15H22F2N4O. The first-order valence-electron chi connectivity index (χ1n) is 7.17. The van der Waals surface area contributed by atoms with Gasteiger partial charge < -0.3 is 10.8 Å². The van der Waals surface area contributed by atoms with Gasteiger partial charge in [0.15, 0.2) is 0 Å². The van der Waals surface area contributed by atoms with Crippen molar-refractivity contribution in [3.05, 3.63) is 48.1 Å². The second-order valence-corrected chi connectivity index (χ2v) is 4.78. The van der Waals surface area contributed by atoms with Crippen LogP contribution < -0.4 is 5.73 Å². The third-order valence-corrected chi connectivity index (χ3v) is 3.44. The fraction of sp³-hybridized carbons (Fsp3) is 0.467. The summed E-state index contributed by atoms with van der Waals surface area (Å²) in [6.45, 7) is 5.82. The van der Waals surface area contributed by atoms with Crippen molar-refractivity contribution in [2.24, 2.45) is 11.7 Å². The van der Waals surface area contributed by atoms with E-state index in [4.69, 9.17) is 5.73 Å². The largest absolute Gasteiger partial charge is 0.383 e. The molecule has 0 aliphatic heterocycles. The van der Waals surface area contributed by atoms with Crippen molar-refractivity contribution in [3.8, 4) is 0 Å². The Morgan fingerprint density at radius 3 is 2.55 bits per heavy atom. The summed E-state index contributed by atoms with van der Waals surface area (Å²) in [5.41, 5.74) is 4.00. The second kappa shape index (κ2) is 7.95. The van der Waals surface area contributed by atoms with E-state index in [9.17, 15) is 13.9 Å². The van der Waals surface area contributed by atoms with Crippen molar-refractivity contribution in [1.82, 2.24) is 14.8 Å². The highest BCUT2D eigenvalue weighted by molar-refractivity contribution is 5.26. The first kappa shape index (κ1) is 18.2. The molecule has 0 saturated carbocycles. The molecule has 0 bridgehead atoms. The van der Waals surface area contributed by atoms with Crippen LogP contribution in [0.1, 0.15) is 26.3 Å². The third kappa shape index (κ3) is 3.86. The quantitative estimate of drug-likeness (QED) is 0.886. The molecule has 1 heterocycles. The number of nitrogens with two attached hydrogens (primary N) is 1. The van der Waals surface area contributed by atoms with Gasteiger partial charge in [0, 0.05) is 17.5 Å². The molecule has 5 nitrogen and oxygen atoms in total. The highest BCUT2D eigenvalue weighted by atomic mass is 19.1. The van der Waals surface area contributed by atoms with Gasteiger partial charge in [0.1, 0.15) is 29.9 Å². The van der Waals surface area contributed by atoms with Gasteiger partial charge in [0.25, 0.3) is 0 Å². The minimum atomic E-state index is -1.60. The van der Waals surface area contributed by atoms with Gasteiger partial charge in [-0.1, -0.05) is 26.8 Å². The highest BCUT2D eigenvalue weighted by Gasteiger charge is 2.38.